The van der Waals surface area contributed by atoms with E-state index in [2.05, 4.69) is 0 Å². The van der Waals surface area contributed by atoms with Crippen molar-refractivity contribution < 1.29 is 38.4 Å². The summed E-state index contributed by atoms with van der Waals surface area (Å²) in [6.07, 6.45) is -1.30. The van der Waals surface area contributed by atoms with E-state index in [9.17, 15) is 19.5 Å². The van der Waals surface area contributed by atoms with E-state index in [1.807, 2.05) is 0 Å². The van der Waals surface area contributed by atoms with E-state index in [-0.39, 0.29) is 5.97 Å². The number of methoxy groups -OCH3 is 1. The van der Waals surface area contributed by atoms with Crippen LogP contribution in [0, 0.1) is 22.7 Å². The number of aliphatic hydroxyl groups is 1. The van der Waals surface area contributed by atoms with Crippen LogP contribution in [0.4, 0.5) is 0 Å². The van der Waals surface area contributed by atoms with Crippen LogP contribution in [0.3, 0.4) is 0 Å². The van der Waals surface area contributed by atoms with E-state index in [0.29, 0.717) is 25.5 Å². The third-order valence-corrected chi connectivity index (χ3v) is 7.61. The molecule has 1 spiro atoms. The summed E-state index contributed by atoms with van der Waals surface area (Å²) < 4.78 is 22.6. The Balaban J connectivity index is 1.77. The van der Waals surface area contributed by atoms with Gasteiger partial charge in [-0.15, -0.1) is 0 Å². The number of hydrogen-bond acceptors (Lipinski definition) is 8. The van der Waals surface area contributed by atoms with Crippen molar-refractivity contribution in [2.45, 2.75) is 56.4 Å². The number of rotatable bonds is 3. The molecule has 3 aliphatic heterocycles. The molecule has 3 saturated heterocycles. The Morgan fingerprint density at radius 1 is 1.36 bits per heavy atom. The highest BCUT2D eigenvalue weighted by Crippen LogP contribution is 2.79. The van der Waals surface area contributed by atoms with Crippen molar-refractivity contribution in [1.29, 1.82) is 0 Å². The van der Waals surface area contributed by atoms with Crippen molar-refractivity contribution in [3.05, 3.63) is 0 Å². The molecule has 5 rings (SSSR count). The predicted molar refractivity (Wildman–Crippen MR) is 77.8 cm³/mol. The molecule has 0 bridgehead atoms. The molecular formula is C17H20O8. The van der Waals surface area contributed by atoms with Crippen LogP contribution < -0.4 is 0 Å². The first-order valence-electron chi connectivity index (χ1n) is 8.66. The number of fused-ring (bicyclic) bond motifs is 1. The molecule has 8 heteroatoms. The Kier molecular flexibility index (Phi) is 2.78. The second-order valence-corrected chi connectivity index (χ2v) is 7.94. The maximum Gasteiger partial charge on any atom is 0.340 e. The van der Waals surface area contributed by atoms with Gasteiger partial charge in [0.1, 0.15) is 24.6 Å². The van der Waals surface area contributed by atoms with Gasteiger partial charge in [-0.1, -0.05) is 6.92 Å². The summed E-state index contributed by atoms with van der Waals surface area (Å²) in [4.78, 5) is 36.8. The van der Waals surface area contributed by atoms with Gasteiger partial charge in [0.2, 0.25) is 0 Å². The number of aldehydes is 1. The standard InChI is InChI=1S/C17H20O8/c1-7-11-8(23-12(7)19)5-16-9-3-4-15(16,10(6-18)22-2)13(20)25-17(11,16)14(21)24-9/h6-11,13,20H,3-5H2,1-2H3/t7-,8?,9?,10-,11?,13?,15?,16?,17?/m0/s1. The number of hydrogen-bond donors (Lipinski definition) is 1. The van der Waals surface area contributed by atoms with Gasteiger partial charge in [-0.25, -0.2) is 4.79 Å². The molecule has 0 aromatic rings. The Bertz CT molecular complexity index is 692. The summed E-state index contributed by atoms with van der Waals surface area (Å²) >= 11 is 0. The van der Waals surface area contributed by atoms with Crippen molar-refractivity contribution in [1.82, 2.24) is 0 Å². The maximum absolute atomic E-state index is 13.0. The summed E-state index contributed by atoms with van der Waals surface area (Å²) in [5.74, 6) is -2.01. The summed E-state index contributed by atoms with van der Waals surface area (Å²) in [7, 11) is 1.40. The molecule has 2 saturated carbocycles. The van der Waals surface area contributed by atoms with E-state index in [1.54, 1.807) is 6.92 Å². The fraction of sp³-hybridized carbons (Fsp3) is 0.824. The first-order chi connectivity index (χ1) is 11.9. The molecule has 3 heterocycles. The fourth-order valence-corrected chi connectivity index (χ4v) is 6.87. The topological polar surface area (TPSA) is 108 Å². The number of ether oxygens (including phenoxy) is 4. The molecule has 25 heavy (non-hydrogen) atoms. The number of aliphatic hydroxyl groups excluding tert-OH is 1. The second kappa shape index (κ2) is 4.42. The van der Waals surface area contributed by atoms with Gasteiger partial charge in [-0.3, -0.25) is 4.79 Å². The molecule has 7 unspecified atom stereocenters. The molecule has 5 aliphatic rings. The van der Waals surface area contributed by atoms with Crippen molar-refractivity contribution in [2.75, 3.05) is 7.11 Å². The Hall–Kier alpha value is -1.51. The Labute approximate surface area is 143 Å². The van der Waals surface area contributed by atoms with Crippen LogP contribution in [0.1, 0.15) is 26.2 Å². The molecule has 136 valence electrons. The van der Waals surface area contributed by atoms with E-state index in [1.165, 1.54) is 7.11 Å². The van der Waals surface area contributed by atoms with Crippen LogP contribution in [0.25, 0.3) is 0 Å². The van der Waals surface area contributed by atoms with Gasteiger partial charge in [-0.05, 0) is 19.3 Å². The van der Waals surface area contributed by atoms with Crippen LogP contribution in [0.2, 0.25) is 0 Å². The van der Waals surface area contributed by atoms with Crippen molar-refractivity contribution >= 4 is 18.2 Å². The van der Waals surface area contributed by atoms with Crippen LogP contribution in [-0.4, -0.2) is 60.6 Å². The van der Waals surface area contributed by atoms with E-state index >= 15 is 0 Å². The minimum atomic E-state index is -1.47. The van der Waals surface area contributed by atoms with Crippen molar-refractivity contribution in [2.24, 2.45) is 22.7 Å². The average Bonchev–Trinajstić information content (AvgIpc) is 3.24. The SMILES string of the molecule is CO[C@@H](C=O)C12CCC3OC(=O)C4(OC1O)C1C(CC342)OC(=O)[C@H]1C. The quantitative estimate of drug-likeness (QED) is 0.538. The summed E-state index contributed by atoms with van der Waals surface area (Å²) in [6, 6.07) is 0. The molecule has 0 radical (unpaired) electrons. The first-order valence-corrected chi connectivity index (χ1v) is 8.66. The number of esters is 2. The summed E-state index contributed by atoms with van der Waals surface area (Å²) in [5, 5.41) is 10.9. The van der Waals surface area contributed by atoms with E-state index in [0.717, 1.165) is 0 Å². The lowest BCUT2D eigenvalue weighted by atomic mass is 9.56. The lowest BCUT2D eigenvalue weighted by molar-refractivity contribution is -0.213. The zero-order chi connectivity index (χ0) is 17.8. The van der Waals surface area contributed by atoms with E-state index < -0.39 is 58.8 Å². The van der Waals surface area contributed by atoms with Gasteiger partial charge >= 0.3 is 11.9 Å². The molecule has 1 N–H and O–H groups in total. The highest BCUT2D eigenvalue weighted by Gasteiger charge is 2.93. The van der Waals surface area contributed by atoms with Gasteiger partial charge in [-0.2, -0.15) is 0 Å². The molecule has 8 nitrogen and oxygen atoms in total. The largest absolute Gasteiger partial charge is 0.462 e. The second-order valence-electron chi connectivity index (χ2n) is 7.94. The smallest absolute Gasteiger partial charge is 0.340 e. The highest BCUT2D eigenvalue weighted by atomic mass is 16.7. The van der Waals surface area contributed by atoms with Crippen LogP contribution in [0.5, 0.6) is 0 Å². The Morgan fingerprint density at radius 2 is 2.12 bits per heavy atom. The predicted octanol–water partition coefficient (Wildman–Crippen LogP) is -0.439. The normalized spacial score (nSPS) is 56.2. The van der Waals surface area contributed by atoms with Crippen LogP contribution >= 0.6 is 0 Å². The highest BCUT2D eigenvalue weighted by molar-refractivity contribution is 5.89. The average molecular weight is 352 g/mol. The van der Waals surface area contributed by atoms with Gasteiger partial charge in [0, 0.05) is 13.0 Å². The summed E-state index contributed by atoms with van der Waals surface area (Å²) in [6.45, 7) is 1.71. The third kappa shape index (κ3) is 1.26. The molecule has 5 fully saturated rings. The molecule has 0 aromatic heterocycles. The lowest BCUT2D eigenvalue weighted by Crippen LogP contribution is -2.57. The molecule has 0 amide bonds. The van der Waals surface area contributed by atoms with Crippen molar-refractivity contribution in [3.63, 3.8) is 0 Å². The number of carbonyl (C=O) groups excluding carboxylic acids is 3. The van der Waals surface area contributed by atoms with E-state index in [4.69, 9.17) is 18.9 Å². The minimum absolute atomic E-state index is 0.328. The molecule has 2 aliphatic carbocycles. The van der Waals surface area contributed by atoms with Gasteiger partial charge in [0.15, 0.2) is 11.9 Å². The molecular weight excluding hydrogens is 332 g/mol. The van der Waals surface area contributed by atoms with Crippen LogP contribution in [-0.2, 0) is 33.3 Å². The molecule has 9 atom stereocenters. The first kappa shape index (κ1) is 15.7. The lowest BCUT2D eigenvalue weighted by Gasteiger charge is -2.43. The summed E-state index contributed by atoms with van der Waals surface area (Å²) in [5.41, 5.74) is -3.48. The zero-order valence-corrected chi connectivity index (χ0v) is 14.0. The van der Waals surface area contributed by atoms with Gasteiger partial charge in [0.05, 0.1) is 16.7 Å². The van der Waals surface area contributed by atoms with Gasteiger partial charge in [0.25, 0.3) is 0 Å². The van der Waals surface area contributed by atoms with Gasteiger partial charge < -0.3 is 28.8 Å². The minimum Gasteiger partial charge on any atom is -0.462 e. The maximum atomic E-state index is 13.0. The monoisotopic (exact) mass is 352 g/mol. The van der Waals surface area contributed by atoms with Crippen LogP contribution in [0.15, 0.2) is 0 Å². The van der Waals surface area contributed by atoms with Crippen molar-refractivity contribution in [3.8, 4) is 0 Å². The molecule has 0 aromatic carbocycles. The fourth-order valence-electron chi connectivity index (χ4n) is 6.87. The zero-order valence-electron chi connectivity index (χ0n) is 14.0. The third-order valence-electron chi connectivity index (χ3n) is 7.61. The Morgan fingerprint density at radius 3 is 2.80 bits per heavy atom. The number of carbonyl (C=O) groups is 3.